The van der Waals surface area contributed by atoms with Gasteiger partial charge in [-0.15, -0.1) is 0 Å². The number of aromatic nitrogens is 1. The smallest absolute Gasteiger partial charge is 0.325 e. The Morgan fingerprint density at radius 3 is 2.30 bits per heavy atom. The van der Waals surface area contributed by atoms with Crippen LogP contribution in [0.3, 0.4) is 0 Å². The van der Waals surface area contributed by atoms with E-state index in [1.165, 1.54) is 6.92 Å². The topological polar surface area (TPSA) is 166 Å². The SMILES string of the molecule is CC(NC(=O)C(CS)NC(=O)C(NC(=O)C(N)Cc1c[nH]c2ccccc12)C(C)C)C(=O)O. The van der Waals surface area contributed by atoms with Crippen molar-refractivity contribution in [3.8, 4) is 0 Å². The molecule has 2 rings (SSSR count). The Labute approximate surface area is 197 Å². The average molecular weight is 478 g/mol. The third-order valence-electron chi connectivity index (χ3n) is 5.24. The van der Waals surface area contributed by atoms with Crippen molar-refractivity contribution in [1.29, 1.82) is 0 Å². The number of nitrogens with two attached hydrogens (primary N) is 1. The van der Waals surface area contributed by atoms with Gasteiger partial charge in [0.15, 0.2) is 0 Å². The van der Waals surface area contributed by atoms with E-state index in [1.54, 1.807) is 20.0 Å². The average Bonchev–Trinajstić information content (AvgIpc) is 3.17. The first kappa shape index (κ1) is 26.2. The van der Waals surface area contributed by atoms with Crippen molar-refractivity contribution in [1.82, 2.24) is 20.9 Å². The van der Waals surface area contributed by atoms with Gasteiger partial charge in [0, 0.05) is 22.9 Å². The van der Waals surface area contributed by atoms with Crippen LogP contribution in [0, 0.1) is 5.92 Å². The molecule has 1 aromatic heterocycles. The van der Waals surface area contributed by atoms with Gasteiger partial charge in [-0.05, 0) is 30.9 Å². The molecule has 2 aromatic rings. The molecule has 0 fully saturated rings. The molecule has 0 radical (unpaired) electrons. The maximum Gasteiger partial charge on any atom is 0.325 e. The highest BCUT2D eigenvalue weighted by atomic mass is 32.1. The largest absolute Gasteiger partial charge is 0.480 e. The van der Waals surface area contributed by atoms with E-state index >= 15 is 0 Å². The van der Waals surface area contributed by atoms with Crippen molar-refractivity contribution in [2.75, 3.05) is 5.75 Å². The van der Waals surface area contributed by atoms with E-state index < -0.39 is 47.9 Å². The Balaban J connectivity index is 2.02. The maximum atomic E-state index is 12.8. The minimum absolute atomic E-state index is 0.0528. The Morgan fingerprint density at radius 2 is 1.70 bits per heavy atom. The summed E-state index contributed by atoms with van der Waals surface area (Å²) >= 11 is 4.07. The van der Waals surface area contributed by atoms with E-state index in [2.05, 4.69) is 33.6 Å². The molecule has 0 bridgehead atoms. The van der Waals surface area contributed by atoms with Crippen molar-refractivity contribution < 1.29 is 24.3 Å². The van der Waals surface area contributed by atoms with Crippen molar-refractivity contribution in [2.45, 2.75) is 51.4 Å². The summed E-state index contributed by atoms with van der Waals surface area (Å²) in [4.78, 5) is 51.9. The molecule has 3 amide bonds. The van der Waals surface area contributed by atoms with Gasteiger partial charge in [0.05, 0.1) is 6.04 Å². The first-order valence-electron chi connectivity index (χ1n) is 10.6. The highest BCUT2D eigenvalue weighted by molar-refractivity contribution is 7.80. The number of thiol groups is 1. The quantitative estimate of drug-likeness (QED) is 0.228. The molecule has 0 spiro atoms. The molecule has 0 aliphatic heterocycles. The lowest BCUT2D eigenvalue weighted by molar-refractivity contribution is -0.141. The van der Waals surface area contributed by atoms with Gasteiger partial charge < -0.3 is 31.8 Å². The van der Waals surface area contributed by atoms with Gasteiger partial charge >= 0.3 is 5.97 Å². The number of nitrogens with one attached hydrogen (secondary N) is 4. The predicted octanol–water partition coefficient (Wildman–Crippen LogP) is 0.182. The van der Waals surface area contributed by atoms with Crippen LogP contribution in [0.2, 0.25) is 0 Å². The van der Waals surface area contributed by atoms with Crippen LogP contribution in [0.25, 0.3) is 10.9 Å². The van der Waals surface area contributed by atoms with Crippen LogP contribution < -0.4 is 21.7 Å². The Hall–Kier alpha value is -3.05. The van der Waals surface area contributed by atoms with Crippen LogP contribution in [-0.2, 0) is 25.6 Å². The second-order valence-electron chi connectivity index (χ2n) is 8.21. The van der Waals surface area contributed by atoms with Crippen LogP contribution in [0.4, 0.5) is 0 Å². The lowest BCUT2D eigenvalue weighted by atomic mass is 10.0. The predicted molar refractivity (Wildman–Crippen MR) is 128 cm³/mol. The number of aliphatic carboxylic acids is 1. The van der Waals surface area contributed by atoms with Crippen LogP contribution in [0.5, 0.6) is 0 Å². The number of carboxylic acid groups (broad SMARTS) is 1. The molecule has 1 aromatic carbocycles. The van der Waals surface area contributed by atoms with Crippen LogP contribution in [0.15, 0.2) is 30.5 Å². The number of carbonyl (C=O) groups excluding carboxylic acids is 3. The molecule has 0 saturated heterocycles. The van der Waals surface area contributed by atoms with E-state index in [0.29, 0.717) is 0 Å². The summed E-state index contributed by atoms with van der Waals surface area (Å²) in [7, 11) is 0. The second kappa shape index (κ2) is 11.7. The summed E-state index contributed by atoms with van der Waals surface area (Å²) < 4.78 is 0. The molecule has 4 unspecified atom stereocenters. The minimum atomic E-state index is -1.20. The zero-order valence-electron chi connectivity index (χ0n) is 18.8. The molecule has 4 atom stereocenters. The van der Waals surface area contributed by atoms with Crippen LogP contribution in [-0.4, -0.2) is 63.7 Å². The fourth-order valence-corrected chi connectivity index (χ4v) is 3.51. The normalized spacial score (nSPS) is 14.8. The highest BCUT2D eigenvalue weighted by Crippen LogP contribution is 2.19. The number of para-hydroxylation sites is 1. The number of H-pyrrole nitrogens is 1. The number of amides is 3. The number of hydrogen-bond donors (Lipinski definition) is 7. The number of carbonyl (C=O) groups is 4. The molecule has 0 aliphatic rings. The molecular formula is C22H31N5O5S. The van der Waals surface area contributed by atoms with Gasteiger partial charge in [0.1, 0.15) is 18.1 Å². The molecule has 33 heavy (non-hydrogen) atoms. The fraction of sp³-hybridized carbons (Fsp3) is 0.455. The van der Waals surface area contributed by atoms with Gasteiger partial charge in [0.2, 0.25) is 17.7 Å². The third-order valence-corrected chi connectivity index (χ3v) is 5.61. The van der Waals surface area contributed by atoms with Crippen molar-refractivity contribution in [3.63, 3.8) is 0 Å². The van der Waals surface area contributed by atoms with E-state index in [1.807, 2.05) is 24.3 Å². The molecule has 1 heterocycles. The third kappa shape index (κ3) is 6.96. The van der Waals surface area contributed by atoms with Gasteiger partial charge in [-0.1, -0.05) is 32.0 Å². The highest BCUT2D eigenvalue weighted by Gasteiger charge is 2.30. The Morgan fingerprint density at radius 1 is 1.03 bits per heavy atom. The number of aromatic amines is 1. The molecule has 0 aliphatic carbocycles. The monoisotopic (exact) mass is 477 g/mol. The van der Waals surface area contributed by atoms with Gasteiger partial charge in [0.25, 0.3) is 0 Å². The second-order valence-corrected chi connectivity index (χ2v) is 8.58. The number of hydrogen-bond acceptors (Lipinski definition) is 6. The summed E-state index contributed by atoms with van der Waals surface area (Å²) in [5, 5.41) is 17.4. The molecule has 180 valence electrons. The van der Waals surface area contributed by atoms with Crippen LogP contribution >= 0.6 is 12.6 Å². The summed E-state index contributed by atoms with van der Waals surface area (Å²) in [5.41, 5.74) is 7.94. The number of rotatable bonds is 11. The van der Waals surface area contributed by atoms with E-state index in [4.69, 9.17) is 10.8 Å². The minimum Gasteiger partial charge on any atom is -0.480 e. The standard InChI is InChI=1S/C22H31N5O5S/c1-11(2)18(21(30)26-17(10-33)20(29)25-12(3)22(31)32)27-19(28)15(23)8-13-9-24-16-7-5-4-6-14(13)16/h4-7,9,11-12,15,17-18,24,33H,8,10,23H2,1-3H3,(H,25,29)(H,26,30)(H,27,28)(H,31,32). The van der Waals surface area contributed by atoms with Crippen molar-refractivity contribution in [2.24, 2.45) is 11.7 Å². The Bertz CT molecular complexity index is 1010. The zero-order chi connectivity index (χ0) is 24.7. The Kier molecular flexibility index (Phi) is 9.30. The van der Waals surface area contributed by atoms with Crippen molar-refractivity contribution >= 4 is 47.2 Å². The molecular weight excluding hydrogens is 446 g/mol. The molecule has 7 N–H and O–H groups in total. The van der Waals surface area contributed by atoms with E-state index in [9.17, 15) is 19.2 Å². The number of benzene rings is 1. The first-order valence-corrected chi connectivity index (χ1v) is 11.2. The molecule has 11 heteroatoms. The zero-order valence-corrected chi connectivity index (χ0v) is 19.7. The first-order chi connectivity index (χ1) is 15.5. The van der Waals surface area contributed by atoms with Gasteiger partial charge in [-0.25, -0.2) is 0 Å². The number of fused-ring (bicyclic) bond motifs is 1. The van der Waals surface area contributed by atoms with Gasteiger partial charge in [-0.3, -0.25) is 19.2 Å². The summed E-state index contributed by atoms with van der Waals surface area (Å²) in [5.74, 6) is -3.32. The lowest BCUT2D eigenvalue weighted by Gasteiger charge is -2.26. The lowest BCUT2D eigenvalue weighted by Crippen LogP contribution is -2.58. The fourth-order valence-electron chi connectivity index (χ4n) is 3.26. The van der Waals surface area contributed by atoms with Crippen LogP contribution in [0.1, 0.15) is 26.3 Å². The summed E-state index contributed by atoms with van der Waals surface area (Å²) in [6.45, 7) is 4.81. The summed E-state index contributed by atoms with van der Waals surface area (Å²) in [6.07, 6.45) is 2.08. The van der Waals surface area contributed by atoms with E-state index in [0.717, 1.165) is 16.5 Å². The van der Waals surface area contributed by atoms with Gasteiger partial charge in [-0.2, -0.15) is 12.6 Å². The van der Waals surface area contributed by atoms with E-state index in [-0.39, 0.29) is 18.1 Å². The molecule has 10 nitrogen and oxygen atoms in total. The maximum absolute atomic E-state index is 12.8. The summed E-state index contributed by atoms with van der Waals surface area (Å²) in [6, 6.07) is 3.63. The van der Waals surface area contributed by atoms with Crippen molar-refractivity contribution in [3.05, 3.63) is 36.0 Å². The number of carboxylic acids is 1. The molecule has 0 saturated carbocycles.